The number of carbonyl (C=O) groups is 1. The number of ether oxygens (including phenoxy) is 2. The summed E-state index contributed by atoms with van der Waals surface area (Å²) in [5.41, 5.74) is 0. The predicted molar refractivity (Wildman–Crippen MR) is 73.1 cm³/mol. The summed E-state index contributed by atoms with van der Waals surface area (Å²) >= 11 is 0. The summed E-state index contributed by atoms with van der Waals surface area (Å²) < 4.78 is 10.5. The van der Waals surface area contributed by atoms with Gasteiger partial charge in [-0.25, -0.2) is 0 Å². The number of rotatable bonds is 8. The fraction of sp³-hybridized carbons (Fsp3) is 0.929. The zero-order chi connectivity index (χ0) is 14.3. The molecule has 1 rings (SSSR count). The van der Waals surface area contributed by atoms with E-state index in [1.165, 1.54) is 0 Å². The van der Waals surface area contributed by atoms with Crippen LogP contribution in [0.15, 0.2) is 0 Å². The van der Waals surface area contributed by atoms with E-state index in [1.54, 1.807) is 14.0 Å². The van der Waals surface area contributed by atoms with Gasteiger partial charge in [-0.2, -0.15) is 0 Å². The highest BCUT2D eigenvalue weighted by Gasteiger charge is 2.24. The number of aliphatic hydroxyl groups is 1. The van der Waals surface area contributed by atoms with Crippen LogP contribution in [0.1, 0.15) is 26.7 Å². The van der Waals surface area contributed by atoms with Crippen molar-refractivity contribution in [1.82, 2.24) is 4.90 Å². The molecule has 0 spiro atoms. The number of ketones is 1. The van der Waals surface area contributed by atoms with Gasteiger partial charge in [-0.05, 0) is 33.2 Å². The van der Waals surface area contributed by atoms with Crippen molar-refractivity contribution in [3.05, 3.63) is 0 Å². The molecule has 1 aliphatic rings. The molecule has 3 atom stereocenters. The molecule has 1 saturated heterocycles. The zero-order valence-corrected chi connectivity index (χ0v) is 12.3. The van der Waals surface area contributed by atoms with Crippen LogP contribution in [0.3, 0.4) is 0 Å². The molecular weight excluding hydrogens is 246 g/mol. The Labute approximate surface area is 115 Å². The average Bonchev–Trinajstić information content (AvgIpc) is 2.37. The highest BCUT2D eigenvalue weighted by Crippen LogP contribution is 2.17. The van der Waals surface area contributed by atoms with E-state index in [-0.39, 0.29) is 17.8 Å². The largest absolute Gasteiger partial charge is 0.389 e. The van der Waals surface area contributed by atoms with Crippen LogP contribution in [0, 0.1) is 5.92 Å². The maximum atomic E-state index is 11.4. The summed E-state index contributed by atoms with van der Waals surface area (Å²) in [6, 6.07) is 0. The number of piperidine rings is 1. The van der Waals surface area contributed by atoms with Crippen LogP contribution in [0.4, 0.5) is 0 Å². The Morgan fingerprint density at radius 2 is 2.21 bits per heavy atom. The van der Waals surface area contributed by atoms with Gasteiger partial charge in [-0.1, -0.05) is 0 Å². The number of carbonyl (C=O) groups excluding carboxylic acids is 1. The minimum atomic E-state index is -0.509. The van der Waals surface area contributed by atoms with Gasteiger partial charge in [0.1, 0.15) is 5.78 Å². The average molecular weight is 273 g/mol. The topological polar surface area (TPSA) is 59.0 Å². The number of β-amino-alcohol motifs (C(OH)–C–C–N with tert-alkyl or cyclic N) is 1. The predicted octanol–water partition coefficient (Wildman–Crippen LogP) is 0.700. The lowest BCUT2D eigenvalue weighted by Gasteiger charge is -2.32. The molecule has 0 bridgehead atoms. The molecule has 1 fully saturated rings. The van der Waals surface area contributed by atoms with Gasteiger partial charge in [0.05, 0.1) is 25.4 Å². The second-order valence-electron chi connectivity index (χ2n) is 5.46. The van der Waals surface area contributed by atoms with Crippen molar-refractivity contribution in [1.29, 1.82) is 0 Å². The van der Waals surface area contributed by atoms with E-state index in [0.29, 0.717) is 19.8 Å². The highest BCUT2D eigenvalue weighted by atomic mass is 16.5. The fourth-order valence-electron chi connectivity index (χ4n) is 2.46. The van der Waals surface area contributed by atoms with Gasteiger partial charge in [-0.15, -0.1) is 0 Å². The number of aliphatic hydroxyl groups excluding tert-OH is 1. The highest BCUT2D eigenvalue weighted by molar-refractivity contribution is 5.78. The van der Waals surface area contributed by atoms with E-state index in [0.717, 1.165) is 25.9 Å². The maximum Gasteiger partial charge on any atom is 0.134 e. The van der Waals surface area contributed by atoms with E-state index < -0.39 is 6.10 Å². The maximum absolute atomic E-state index is 11.4. The molecule has 0 aliphatic carbocycles. The molecule has 5 nitrogen and oxygen atoms in total. The van der Waals surface area contributed by atoms with E-state index in [1.807, 2.05) is 6.92 Å². The van der Waals surface area contributed by atoms with E-state index in [4.69, 9.17) is 9.47 Å². The number of nitrogens with zero attached hydrogens (tertiary/aromatic N) is 1. The van der Waals surface area contributed by atoms with Crippen LogP contribution in [0.2, 0.25) is 0 Å². The second kappa shape index (κ2) is 8.64. The summed E-state index contributed by atoms with van der Waals surface area (Å²) in [7, 11) is 1.63. The SMILES string of the molecule is COCC(C)OCC(O)CN1CCCC(C(C)=O)C1. The van der Waals surface area contributed by atoms with Crippen LogP contribution in [0.5, 0.6) is 0 Å². The molecule has 0 radical (unpaired) electrons. The molecule has 112 valence electrons. The van der Waals surface area contributed by atoms with Gasteiger partial charge >= 0.3 is 0 Å². The van der Waals surface area contributed by atoms with Crippen molar-refractivity contribution >= 4 is 5.78 Å². The Hall–Kier alpha value is -0.490. The Morgan fingerprint density at radius 1 is 1.47 bits per heavy atom. The first kappa shape index (κ1) is 16.6. The lowest BCUT2D eigenvalue weighted by molar-refractivity contribution is -0.122. The fourth-order valence-corrected chi connectivity index (χ4v) is 2.46. The number of Topliss-reactive ketones (excluding diaryl/α,β-unsaturated/α-hetero) is 1. The Kier molecular flexibility index (Phi) is 7.53. The van der Waals surface area contributed by atoms with E-state index in [2.05, 4.69) is 4.90 Å². The molecule has 0 saturated carbocycles. The standard InChI is InChI=1S/C14H27NO4/c1-11(9-18-3)19-10-14(17)8-15-6-4-5-13(7-15)12(2)16/h11,13-14,17H,4-10H2,1-3H3. The number of hydrogen-bond donors (Lipinski definition) is 1. The van der Waals surface area contributed by atoms with Crippen LogP contribution >= 0.6 is 0 Å². The first-order valence-electron chi connectivity index (χ1n) is 7.04. The number of hydrogen-bond acceptors (Lipinski definition) is 5. The molecule has 0 aromatic rings. The quantitative estimate of drug-likeness (QED) is 0.705. The van der Waals surface area contributed by atoms with Gasteiger partial charge in [-0.3, -0.25) is 9.69 Å². The molecule has 1 N–H and O–H groups in total. The van der Waals surface area contributed by atoms with Crippen LogP contribution < -0.4 is 0 Å². The van der Waals surface area contributed by atoms with Crippen molar-refractivity contribution in [3.63, 3.8) is 0 Å². The molecule has 3 unspecified atom stereocenters. The van der Waals surface area contributed by atoms with Gasteiger partial charge in [0.15, 0.2) is 0 Å². The minimum absolute atomic E-state index is 0.00836. The Bertz CT molecular complexity index is 272. The molecule has 0 aromatic carbocycles. The first-order chi connectivity index (χ1) is 9.02. The first-order valence-corrected chi connectivity index (χ1v) is 7.04. The van der Waals surface area contributed by atoms with Crippen molar-refractivity contribution in [2.45, 2.75) is 38.9 Å². The molecule has 0 aromatic heterocycles. The van der Waals surface area contributed by atoms with Crippen LogP contribution in [0.25, 0.3) is 0 Å². The molecule has 5 heteroatoms. The second-order valence-corrected chi connectivity index (χ2v) is 5.46. The molecular formula is C14H27NO4. The number of likely N-dealkylation sites (tertiary alicyclic amines) is 1. The van der Waals surface area contributed by atoms with Crippen molar-refractivity contribution in [3.8, 4) is 0 Å². The Balaban J connectivity index is 2.24. The third kappa shape index (κ3) is 6.47. The monoisotopic (exact) mass is 273 g/mol. The van der Waals surface area contributed by atoms with Gasteiger partial charge in [0.25, 0.3) is 0 Å². The van der Waals surface area contributed by atoms with E-state index in [9.17, 15) is 9.90 Å². The summed E-state index contributed by atoms with van der Waals surface area (Å²) in [6.07, 6.45) is 1.48. The third-order valence-electron chi connectivity index (χ3n) is 3.52. The van der Waals surface area contributed by atoms with Crippen LogP contribution in [-0.4, -0.2) is 68.0 Å². The lowest BCUT2D eigenvalue weighted by Crippen LogP contribution is -2.43. The molecule has 1 aliphatic heterocycles. The zero-order valence-electron chi connectivity index (χ0n) is 12.3. The lowest BCUT2D eigenvalue weighted by atomic mass is 9.94. The molecule has 1 heterocycles. The number of methoxy groups -OCH3 is 1. The summed E-state index contributed by atoms with van der Waals surface area (Å²) in [6.45, 7) is 6.70. The van der Waals surface area contributed by atoms with Gasteiger partial charge in [0, 0.05) is 26.1 Å². The normalized spacial score (nSPS) is 24.1. The summed E-state index contributed by atoms with van der Waals surface area (Å²) in [5, 5.41) is 9.95. The van der Waals surface area contributed by atoms with Gasteiger partial charge in [0.2, 0.25) is 0 Å². The smallest absolute Gasteiger partial charge is 0.134 e. The summed E-state index contributed by atoms with van der Waals surface area (Å²) in [5.74, 6) is 0.387. The van der Waals surface area contributed by atoms with Crippen molar-refractivity contribution < 1.29 is 19.4 Å². The van der Waals surface area contributed by atoms with Gasteiger partial charge < -0.3 is 14.6 Å². The van der Waals surface area contributed by atoms with E-state index >= 15 is 0 Å². The van der Waals surface area contributed by atoms with Crippen molar-refractivity contribution in [2.75, 3.05) is 40.0 Å². The minimum Gasteiger partial charge on any atom is -0.389 e. The third-order valence-corrected chi connectivity index (χ3v) is 3.52. The molecule has 0 amide bonds. The Morgan fingerprint density at radius 3 is 2.84 bits per heavy atom. The van der Waals surface area contributed by atoms with Crippen molar-refractivity contribution in [2.24, 2.45) is 5.92 Å². The summed E-state index contributed by atoms with van der Waals surface area (Å²) in [4.78, 5) is 13.5. The molecule has 19 heavy (non-hydrogen) atoms. The van der Waals surface area contributed by atoms with Crippen LogP contribution in [-0.2, 0) is 14.3 Å².